The monoisotopic (exact) mass is 385 g/mol. The van der Waals surface area contributed by atoms with Crippen molar-refractivity contribution >= 4 is 23.1 Å². The van der Waals surface area contributed by atoms with Gasteiger partial charge in [-0.2, -0.15) is 11.3 Å². The lowest BCUT2D eigenvalue weighted by atomic mass is 9.75. The van der Waals surface area contributed by atoms with Gasteiger partial charge in [-0.3, -0.25) is 9.69 Å². The number of aromatic nitrogens is 1. The molecule has 0 aromatic carbocycles. The molecule has 144 valence electrons. The number of hydrogen-bond acceptors (Lipinski definition) is 6. The van der Waals surface area contributed by atoms with Crippen molar-refractivity contribution in [2.24, 2.45) is 11.3 Å². The van der Waals surface area contributed by atoms with Gasteiger partial charge in [0.1, 0.15) is 5.82 Å². The number of nitrogens with zero attached hydrogens (tertiary/aromatic N) is 3. The summed E-state index contributed by atoms with van der Waals surface area (Å²) in [4.78, 5) is 22.4. The maximum Gasteiger partial charge on any atom is 0.314 e. The van der Waals surface area contributed by atoms with Crippen LogP contribution in [-0.2, 0) is 16.1 Å². The van der Waals surface area contributed by atoms with Gasteiger partial charge < -0.3 is 9.64 Å². The first kappa shape index (κ1) is 18.4. The number of hydrogen-bond donors (Lipinski definition) is 0. The van der Waals surface area contributed by atoms with E-state index in [1.807, 2.05) is 31.3 Å². The number of esters is 1. The van der Waals surface area contributed by atoms with Gasteiger partial charge in [0.15, 0.2) is 0 Å². The van der Waals surface area contributed by atoms with E-state index in [0.29, 0.717) is 13.2 Å². The maximum absolute atomic E-state index is 13.1. The first-order valence-corrected chi connectivity index (χ1v) is 10.7. The highest BCUT2D eigenvalue weighted by atomic mass is 32.1. The third kappa shape index (κ3) is 3.73. The van der Waals surface area contributed by atoms with Crippen molar-refractivity contribution < 1.29 is 9.53 Å². The van der Waals surface area contributed by atoms with Gasteiger partial charge in [-0.05, 0) is 60.8 Å². The summed E-state index contributed by atoms with van der Waals surface area (Å²) in [6.07, 6.45) is 3.74. The second kappa shape index (κ2) is 7.98. The van der Waals surface area contributed by atoms with Crippen LogP contribution >= 0.6 is 11.3 Å². The summed E-state index contributed by atoms with van der Waals surface area (Å²) < 4.78 is 5.56. The molecule has 0 N–H and O–H groups in total. The van der Waals surface area contributed by atoms with E-state index in [4.69, 9.17) is 4.74 Å². The van der Waals surface area contributed by atoms with E-state index in [9.17, 15) is 4.79 Å². The first-order valence-electron chi connectivity index (χ1n) is 9.78. The number of rotatable bonds is 5. The summed E-state index contributed by atoms with van der Waals surface area (Å²) >= 11 is 1.74. The van der Waals surface area contributed by atoms with Crippen molar-refractivity contribution in [2.75, 3.05) is 37.7 Å². The molecule has 0 bridgehead atoms. The summed E-state index contributed by atoms with van der Waals surface area (Å²) in [6.45, 7) is 6.83. The van der Waals surface area contributed by atoms with Gasteiger partial charge >= 0.3 is 5.97 Å². The Morgan fingerprint density at radius 1 is 1.37 bits per heavy atom. The average molecular weight is 386 g/mol. The molecule has 0 saturated carbocycles. The predicted octanol–water partition coefficient (Wildman–Crippen LogP) is 3.42. The Balaban J connectivity index is 1.58. The topological polar surface area (TPSA) is 45.7 Å². The molecule has 2 aliphatic heterocycles. The minimum absolute atomic E-state index is 0.0224. The van der Waals surface area contributed by atoms with E-state index in [2.05, 4.69) is 31.6 Å². The lowest BCUT2D eigenvalue weighted by Crippen LogP contribution is -2.42. The van der Waals surface area contributed by atoms with Gasteiger partial charge in [0.05, 0.1) is 12.0 Å². The second-order valence-corrected chi connectivity index (χ2v) is 8.39. The quantitative estimate of drug-likeness (QED) is 0.738. The van der Waals surface area contributed by atoms with E-state index in [1.165, 1.54) is 5.56 Å². The van der Waals surface area contributed by atoms with Crippen molar-refractivity contribution in [1.82, 2.24) is 9.88 Å². The van der Waals surface area contributed by atoms with Crippen molar-refractivity contribution in [3.63, 3.8) is 0 Å². The van der Waals surface area contributed by atoms with Crippen LogP contribution in [0.15, 0.2) is 41.2 Å². The van der Waals surface area contributed by atoms with Crippen LogP contribution in [0.1, 0.15) is 25.3 Å². The molecule has 0 aliphatic carbocycles. The van der Waals surface area contributed by atoms with Gasteiger partial charge in [-0.25, -0.2) is 4.98 Å². The van der Waals surface area contributed by atoms with Gasteiger partial charge in [0.25, 0.3) is 0 Å². The Bertz CT molecular complexity index is 752. The summed E-state index contributed by atoms with van der Waals surface area (Å²) in [5, 5.41) is 4.35. The molecule has 0 spiro atoms. The fraction of sp³-hybridized carbons (Fsp3) is 0.524. The number of ether oxygens (including phenoxy) is 1. The largest absolute Gasteiger partial charge is 0.466 e. The molecular formula is C21H27N3O2S. The summed E-state index contributed by atoms with van der Waals surface area (Å²) in [6, 6.07) is 8.17. The van der Waals surface area contributed by atoms with Crippen molar-refractivity contribution in [2.45, 2.75) is 26.3 Å². The zero-order valence-corrected chi connectivity index (χ0v) is 16.7. The molecule has 0 unspecified atom stereocenters. The second-order valence-electron chi connectivity index (χ2n) is 7.61. The number of pyridine rings is 1. The molecule has 4 rings (SSSR count). The predicted molar refractivity (Wildman–Crippen MR) is 108 cm³/mol. The number of thiophene rings is 1. The Kier molecular flexibility index (Phi) is 5.45. The van der Waals surface area contributed by atoms with Crippen LogP contribution in [-0.4, -0.2) is 48.6 Å². The molecule has 2 aromatic heterocycles. The Labute approximate surface area is 165 Å². The highest BCUT2D eigenvalue weighted by Gasteiger charge is 2.54. The van der Waals surface area contributed by atoms with Gasteiger partial charge in [-0.15, -0.1) is 0 Å². The number of carbonyl (C=O) groups is 1. The summed E-state index contributed by atoms with van der Waals surface area (Å²) in [5.41, 5.74) is 0.944. The van der Waals surface area contributed by atoms with Crippen LogP contribution in [0.5, 0.6) is 0 Å². The van der Waals surface area contributed by atoms with Crippen LogP contribution in [0, 0.1) is 11.3 Å². The zero-order chi connectivity index (χ0) is 18.7. The number of fused-ring (bicyclic) bond motifs is 1. The van der Waals surface area contributed by atoms with Crippen LogP contribution in [0.2, 0.25) is 0 Å². The average Bonchev–Trinajstić information content (AvgIpc) is 3.28. The van der Waals surface area contributed by atoms with Crippen molar-refractivity contribution in [3.8, 4) is 0 Å². The molecule has 2 aliphatic rings. The molecule has 2 atom stereocenters. The summed E-state index contributed by atoms with van der Waals surface area (Å²) in [5.74, 6) is 1.20. The third-order valence-electron chi connectivity index (χ3n) is 5.91. The molecular weight excluding hydrogens is 358 g/mol. The first-order chi connectivity index (χ1) is 13.2. The molecule has 6 heteroatoms. The van der Waals surface area contributed by atoms with Crippen molar-refractivity contribution in [1.29, 1.82) is 0 Å². The van der Waals surface area contributed by atoms with E-state index in [1.54, 1.807) is 11.3 Å². The Morgan fingerprint density at radius 3 is 3.04 bits per heavy atom. The van der Waals surface area contributed by atoms with E-state index in [0.717, 1.165) is 44.8 Å². The van der Waals surface area contributed by atoms with Gasteiger partial charge in [0.2, 0.25) is 0 Å². The SMILES string of the molecule is CCOC(=O)[C@]12CCCN(Cc3ccsc3)C[C@H]1CN(c1ccccn1)C2. The van der Waals surface area contributed by atoms with E-state index >= 15 is 0 Å². The molecule has 2 fully saturated rings. The molecule has 27 heavy (non-hydrogen) atoms. The van der Waals surface area contributed by atoms with E-state index in [-0.39, 0.29) is 11.9 Å². The van der Waals surface area contributed by atoms with Crippen LogP contribution in [0.4, 0.5) is 5.82 Å². The smallest absolute Gasteiger partial charge is 0.314 e. The molecule has 2 saturated heterocycles. The van der Waals surface area contributed by atoms with Crippen LogP contribution < -0.4 is 4.90 Å². The highest BCUT2D eigenvalue weighted by Crippen LogP contribution is 2.45. The maximum atomic E-state index is 13.1. The standard InChI is InChI=1S/C21H27N3O2S/c1-2-26-20(25)21-8-5-10-23(12-17-7-11-27-15-17)13-18(21)14-24(16-21)19-6-3-4-9-22-19/h3-4,6-7,9,11,15,18H,2,5,8,10,12-14,16H2,1H3/t18-,21-/m0/s1. The number of likely N-dealkylation sites (tertiary alicyclic amines) is 1. The normalized spacial score (nSPS) is 25.8. The minimum atomic E-state index is -0.420. The fourth-order valence-electron chi connectivity index (χ4n) is 4.62. The lowest BCUT2D eigenvalue weighted by Gasteiger charge is -2.31. The lowest BCUT2D eigenvalue weighted by molar-refractivity contribution is -0.157. The molecule has 0 amide bonds. The summed E-state index contributed by atoms with van der Waals surface area (Å²) in [7, 11) is 0. The third-order valence-corrected chi connectivity index (χ3v) is 6.64. The van der Waals surface area contributed by atoms with Crippen LogP contribution in [0.25, 0.3) is 0 Å². The molecule has 5 nitrogen and oxygen atoms in total. The zero-order valence-electron chi connectivity index (χ0n) is 15.8. The number of anilines is 1. The van der Waals surface area contributed by atoms with E-state index < -0.39 is 5.41 Å². The fourth-order valence-corrected chi connectivity index (χ4v) is 5.28. The Morgan fingerprint density at radius 2 is 2.30 bits per heavy atom. The highest BCUT2D eigenvalue weighted by molar-refractivity contribution is 7.07. The molecule has 2 aromatic rings. The number of carbonyl (C=O) groups excluding carboxylic acids is 1. The van der Waals surface area contributed by atoms with Crippen molar-refractivity contribution in [3.05, 3.63) is 46.8 Å². The van der Waals surface area contributed by atoms with Gasteiger partial charge in [0, 0.05) is 38.3 Å². The van der Waals surface area contributed by atoms with Crippen LogP contribution in [0.3, 0.4) is 0 Å². The molecule has 4 heterocycles. The molecule has 0 radical (unpaired) electrons. The minimum Gasteiger partial charge on any atom is -0.466 e. The van der Waals surface area contributed by atoms with Gasteiger partial charge in [-0.1, -0.05) is 6.07 Å². The Hall–Kier alpha value is -1.92.